The Morgan fingerprint density at radius 3 is 2.40 bits per heavy atom. The van der Waals surface area contributed by atoms with E-state index in [1.807, 2.05) is 51.1 Å². The van der Waals surface area contributed by atoms with Crippen LogP contribution in [0, 0.1) is 17.3 Å². The van der Waals surface area contributed by atoms with E-state index in [-0.39, 0.29) is 49.9 Å². The SMILES string of the molecule is COc1ccc(CC2NC(=O)/C=C/C[C@@H](C(C)[C@H]3OC3c3ccccc3)OC(=O)[C@H](CC(C)C)OC(=O)C(C)(C)CNC2=O)cc1Cl. The zero-order valence-corrected chi connectivity index (χ0v) is 28.5. The van der Waals surface area contributed by atoms with Gasteiger partial charge in [-0.05, 0) is 55.5 Å². The number of carbonyl (C=O) groups is 4. The van der Waals surface area contributed by atoms with Gasteiger partial charge in [-0.1, -0.05) is 74.8 Å². The molecule has 4 rings (SSSR count). The molecule has 1 fully saturated rings. The van der Waals surface area contributed by atoms with Crippen molar-refractivity contribution in [1.29, 1.82) is 0 Å². The molecule has 254 valence electrons. The maximum Gasteiger partial charge on any atom is 0.347 e. The number of esters is 2. The summed E-state index contributed by atoms with van der Waals surface area (Å²) in [6.45, 7) is 8.92. The highest BCUT2D eigenvalue weighted by Crippen LogP contribution is 2.45. The summed E-state index contributed by atoms with van der Waals surface area (Å²) < 4.78 is 23.1. The van der Waals surface area contributed by atoms with Gasteiger partial charge >= 0.3 is 11.9 Å². The van der Waals surface area contributed by atoms with Gasteiger partial charge in [0.1, 0.15) is 24.0 Å². The van der Waals surface area contributed by atoms with E-state index in [2.05, 4.69) is 10.6 Å². The molecule has 2 aromatic carbocycles. The van der Waals surface area contributed by atoms with Crippen LogP contribution in [0.3, 0.4) is 0 Å². The molecule has 2 aliphatic heterocycles. The van der Waals surface area contributed by atoms with E-state index in [9.17, 15) is 19.2 Å². The Labute approximate surface area is 281 Å². The maximum absolute atomic E-state index is 13.6. The first kappa shape index (κ1) is 36.0. The normalized spacial score (nSPS) is 26.8. The van der Waals surface area contributed by atoms with Crippen molar-refractivity contribution < 1.29 is 38.1 Å². The number of halogens is 1. The molecular formula is C36H45ClN2O8. The van der Waals surface area contributed by atoms with Gasteiger partial charge in [0.25, 0.3) is 0 Å². The van der Waals surface area contributed by atoms with E-state index in [4.69, 9.17) is 30.5 Å². The number of methoxy groups -OCH3 is 1. The minimum Gasteiger partial charge on any atom is -0.495 e. The highest BCUT2D eigenvalue weighted by Gasteiger charge is 2.48. The summed E-state index contributed by atoms with van der Waals surface area (Å²) in [5.41, 5.74) is 0.524. The fraction of sp³-hybridized carbons (Fsp3) is 0.500. The molecule has 0 bridgehead atoms. The Morgan fingerprint density at radius 1 is 1.02 bits per heavy atom. The second-order valence-electron chi connectivity index (χ2n) is 13.3. The largest absolute Gasteiger partial charge is 0.495 e. The van der Waals surface area contributed by atoms with Crippen molar-refractivity contribution in [2.75, 3.05) is 13.7 Å². The van der Waals surface area contributed by atoms with Crippen molar-refractivity contribution in [3.63, 3.8) is 0 Å². The van der Waals surface area contributed by atoms with Crippen LogP contribution in [0.4, 0.5) is 0 Å². The number of carbonyl (C=O) groups excluding carboxylic acids is 4. The van der Waals surface area contributed by atoms with Crippen LogP contribution in [-0.2, 0) is 39.8 Å². The third kappa shape index (κ3) is 9.81. The van der Waals surface area contributed by atoms with E-state index in [0.717, 1.165) is 5.56 Å². The van der Waals surface area contributed by atoms with Gasteiger partial charge in [-0.2, -0.15) is 0 Å². The summed E-state index contributed by atoms with van der Waals surface area (Å²) in [7, 11) is 1.51. The molecule has 1 saturated heterocycles. The Bertz CT molecular complexity index is 1460. The smallest absolute Gasteiger partial charge is 0.347 e. The molecule has 2 aliphatic rings. The number of nitrogens with one attached hydrogen (secondary N) is 2. The highest BCUT2D eigenvalue weighted by atomic mass is 35.5. The van der Waals surface area contributed by atoms with Crippen molar-refractivity contribution >= 4 is 35.4 Å². The van der Waals surface area contributed by atoms with Crippen LogP contribution >= 0.6 is 11.6 Å². The van der Waals surface area contributed by atoms with Crippen LogP contribution in [0.25, 0.3) is 0 Å². The third-order valence-electron chi connectivity index (χ3n) is 8.41. The Morgan fingerprint density at radius 2 is 1.74 bits per heavy atom. The van der Waals surface area contributed by atoms with Gasteiger partial charge in [0, 0.05) is 25.3 Å². The van der Waals surface area contributed by atoms with Crippen LogP contribution in [-0.4, -0.2) is 61.8 Å². The lowest BCUT2D eigenvalue weighted by Crippen LogP contribution is -2.51. The van der Waals surface area contributed by atoms with E-state index < -0.39 is 47.4 Å². The van der Waals surface area contributed by atoms with Crippen LogP contribution in [0.5, 0.6) is 5.75 Å². The van der Waals surface area contributed by atoms with Gasteiger partial charge in [0.2, 0.25) is 11.8 Å². The van der Waals surface area contributed by atoms with Crippen molar-refractivity contribution in [3.8, 4) is 5.75 Å². The number of amides is 2. The summed E-state index contributed by atoms with van der Waals surface area (Å²) in [6.07, 6.45) is 1.34. The van der Waals surface area contributed by atoms with Gasteiger partial charge in [-0.15, -0.1) is 0 Å². The van der Waals surface area contributed by atoms with Crippen LogP contribution < -0.4 is 15.4 Å². The van der Waals surface area contributed by atoms with Gasteiger partial charge in [-0.25, -0.2) is 4.79 Å². The maximum atomic E-state index is 13.6. The molecule has 0 aliphatic carbocycles. The van der Waals surface area contributed by atoms with E-state index in [1.165, 1.54) is 13.2 Å². The number of cyclic esters (lactones) is 2. The van der Waals surface area contributed by atoms with Crippen LogP contribution in [0.15, 0.2) is 60.7 Å². The molecule has 2 aromatic rings. The Kier molecular flexibility index (Phi) is 12.1. The average Bonchev–Trinajstić information content (AvgIpc) is 3.83. The molecule has 0 aromatic heterocycles. The summed E-state index contributed by atoms with van der Waals surface area (Å²) in [6, 6.07) is 13.9. The average molecular weight is 669 g/mol. The molecule has 0 spiro atoms. The van der Waals surface area contributed by atoms with Crippen molar-refractivity contribution in [3.05, 3.63) is 76.8 Å². The lowest BCUT2D eigenvalue weighted by Gasteiger charge is -2.29. The molecule has 11 heteroatoms. The predicted octanol–water partition coefficient (Wildman–Crippen LogP) is 5.12. The molecule has 3 unspecified atom stereocenters. The van der Waals surface area contributed by atoms with Crippen LogP contribution in [0.2, 0.25) is 5.02 Å². The lowest BCUT2D eigenvalue weighted by molar-refractivity contribution is -0.179. The zero-order chi connectivity index (χ0) is 34.3. The van der Waals surface area contributed by atoms with E-state index >= 15 is 0 Å². The zero-order valence-electron chi connectivity index (χ0n) is 27.8. The molecule has 47 heavy (non-hydrogen) atoms. The van der Waals surface area contributed by atoms with Crippen LogP contribution in [0.1, 0.15) is 64.7 Å². The number of hydrogen-bond donors (Lipinski definition) is 2. The fourth-order valence-corrected chi connectivity index (χ4v) is 5.75. The first-order valence-corrected chi connectivity index (χ1v) is 16.4. The lowest BCUT2D eigenvalue weighted by atomic mass is 9.92. The second kappa shape index (κ2) is 15.8. The van der Waals surface area contributed by atoms with Crippen molar-refractivity contribution in [2.45, 2.75) is 84.3 Å². The Hall–Kier alpha value is -3.89. The molecule has 2 amide bonds. The summed E-state index contributed by atoms with van der Waals surface area (Å²) in [4.78, 5) is 53.6. The summed E-state index contributed by atoms with van der Waals surface area (Å²) in [5.74, 6) is -2.06. The number of hydrogen-bond acceptors (Lipinski definition) is 8. The third-order valence-corrected chi connectivity index (χ3v) is 8.70. The first-order valence-electron chi connectivity index (χ1n) is 16.0. The summed E-state index contributed by atoms with van der Waals surface area (Å²) in [5, 5.41) is 5.91. The molecule has 0 saturated carbocycles. The molecule has 2 N–H and O–H groups in total. The van der Waals surface area contributed by atoms with Gasteiger partial charge in [0.05, 0.1) is 23.7 Å². The fourth-order valence-electron chi connectivity index (χ4n) is 5.46. The van der Waals surface area contributed by atoms with Gasteiger partial charge in [-0.3, -0.25) is 14.4 Å². The topological polar surface area (TPSA) is 133 Å². The van der Waals surface area contributed by atoms with E-state index in [0.29, 0.717) is 16.3 Å². The second-order valence-corrected chi connectivity index (χ2v) is 13.7. The quantitative estimate of drug-likeness (QED) is 0.293. The van der Waals surface area contributed by atoms with Gasteiger partial charge in [0.15, 0.2) is 6.10 Å². The van der Waals surface area contributed by atoms with Crippen molar-refractivity contribution in [1.82, 2.24) is 10.6 Å². The number of ether oxygens (including phenoxy) is 4. The molecule has 6 atom stereocenters. The number of benzene rings is 2. The minimum atomic E-state index is -1.20. The summed E-state index contributed by atoms with van der Waals surface area (Å²) >= 11 is 6.32. The predicted molar refractivity (Wildman–Crippen MR) is 177 cm³/mol. The molecular weight excluding hydrogens is 624 g/mol. The standard InChI is InChI=1S/C36H45ClN2O8/c1-21(2)17-29-34(42)45-27(22(3)31-32(47-31)24-11-8-7-9-12-24)13-10-14-30(40)39-26(19-23-15-16-28(44-6)25(37)18-23)33(41)38-20-36(4,5)35(43)46-29/h7-12,14-16,18,21-22,26-27,29,31-32H,13,17,19-20H2,1-6H3,(H,38,41)(H,39,40)/b14-10+/t22?,26?,27-,29-,31+,32?/m0/s1. The van der Waals surface area contributed by atoms with E-state index in [1.54, 1.807) is 38.1 Å². The molecule has 2 heterocycles. The number of rotatable bonds is 8. The highest BCUT2D eigenvalue weighted by molar-refractivity contribution is 6.32. The molecule has 10 nitrogen and oxygen atoms in total. The van der Waals surface area contributed by atoms with Crippen molar-refractivity contribution in [2.24, 2.45) is 17.3 Å². The minimum absolute atomic E-state index is 0.0228. The van der Waals surface area contributed by atoms with Gasteiger partial charge < -0.3 is 29.6 Å². The first-order chi connectivity index (χ1) is 22.3. The molecule has 0 radical (unpaired) electrons. The number of epoxide rings is 1. The Balaban J connectivity index is 1.61. The monoisotopic (exact) mass is 668 g/mol.